The average molecular weight is 365 g/mol. The molecule has 7 heteroatoms. The molecule has 0 saturated carbocycles. The maximum atomic E-state index is 12.2. The number of ether oxygens (including phenoxy) is 4. The Morgan fingerprint density at radius 1 is 1.19 bits per heavy atom. The maximum absolute atomic E-state index is 12.2. The highest BCUT2D eigenvalue weighted by molar-refractivity contribution is 5.91. The minimum absolute atomic E-state index is 0.0718. The van der Waals surface area contributed by atoms with Crippen molar-refractivity contribution in [2.75, 3.05) is 27.4 Å². The van der Waals surface area contributed by atoms with E-state index in [0.717, 1.165) is 12.0 Å². The molecule has 0 aromatic heterocycles. The quantitative estimate of drug-likeness (QED) is 0.746. The van der Waals surface area contributed by atoms with Crippen LogP contribution in [-0.2, 0) is 9.47 Å². The predicted octanol–water partition coefficient (Wildman–Crippen LogP) is 3.18. The van der Waals surface area contributed by atoms with E-state index in [-0.39, 0.29) is 12.1 Å². The molecule has 1 fully saturated rings. The average Bonchev–Trinajstić information content (AvgIpc) is 2.52. The molecule has 0 bridgehead atoms. The van der Waals surface area contributed by atoms with Crippen molar-refractivity contribution in [3.05, 3.63) is 23.3 Å². The number of nitrogens with zero attached hydrogens (tertiary/aromatic N) is 1. The van der Waals surface area contributed by atoms with Gasteiger partial charge >= 0.3 is 12.1 Å². The number of hydrogen-bond acceptors (Lipinski definition) is 6. The van der Waals surface area contributed by atoms with Crippen molar-refractivity contribution in [2.45, 2.75) is 45.8 Å². The van der Waals surface area contributed by atoms with E-state index in [1.165, 1.54) is 14.2 Å². The molecular formula is C19H27NO6. The fourth-order valence-electron chi connectivity index (χ4n) is 2.62. The lowest BCUT2D eigenvalue weighted by molar-refractivity contribution is -0.0142. The Morgan fingerprint density at radius 3 is 2.38 bits per heavy atom. The van der Waals surface area contributed by atoms with Crippen molar-refractivity contribution in [3.63, 3.8) is 0 Å². The van der Waals surface area contributed by atoms with Gasteiger partial charge in [0.25, 0.3) is 0 Å². The molecule has 0 aliphatic carbocycles. The number of likely N-dealkylation sites (tertiary alicyclic amines) is 1. The lowest BCUT2D eigenvalue weighted by Crippen LogP contribution is -2.55. The molecule has 1 aromatic carbocycles. The number of benzene rings is 1. The van der Waals surface area contributed by atoms with Gasteiger partial charge in [-0.15, -0.1) is 0 Å². The van der Waals surface area contributed by atoms with Gasteiger partial charge in [-0.05, 0) is 51.8 Å². The summed E-state index contributed by atoms with van der Waals surface area (Å²) in [6.07, 6.45) is 0.487. The van der Waals surface area contributed by atoms with Crippen LogP contribution in [0.4, 0.5) is 4.79 Å². The topological polar surface area (TPSA) is 74.3 Å². The zero-order chi connectivity index (χ0) is 19.5. The smallest absolute Gasteiger partial charge is 0.410 e. The second-order valence-corrected chi connectivity index (χ2v) is 7.24. The van der Waals surface area contributed by atoms with Crippen LogP contribution in [0.3, 0.4) is 0 Å². The van der Waals surface area contributed by atoms with Crippen LogP contribution in [0.2, 0.25) is 0 Å². The fourth-order valence-corrected chi connectivity index (χ4v) is 2.62. The van der Waals surface area contributed by atoms with Crippen LogP contribution in [0.1, 0.15) is 43.1 Å². The van der Waals surface area contributed by atoms with Crippen LogP contribution in [0.25, 0.3) is 0 Å². The predicted molar refractivity (Wildman–Crippen MR) is 95.9 cm³/mol. The first-order chi connectivity index (χ1) is 12.2. The Kier molecular flexibility index (Phi) is 6.00. The third-order valence-electron chi connectivity index (χ3n) is 4.12. The van der Waals surface area contributed by atoms with E-state index in [1.54, 1.807) is 24.0 Å². The Labute approximate surface area is 154 Å². The summed E-state index contributed by atoms with van der Waals surface area (Å²) in [7, 11) is 2.87. The zero-order valence-corrected chi connectivity index (χ0v) is 16.3. The van der Waals surface area contributed by atoms with Gasteiger partial charge in [0.15, 0.2) is 11.5 Å². The first-order valence-electron chi connectivity index (χ1n) is 8.55. The van der Waals surface area contributed by atoms with Gasteiger partial charge in [0, 0.05) is 6.54 Å². The third kappa shape index (κ3) is 4.59. The second kappa shape index (κ2) is 7.85. The van der Waals surface area contributed by atoms with E-state index in [0.29, 0.717) is 30.2 Å². The van der Waals surface area contributed by atoms with Crippen LogP contribution in [0.15, 0.2) is 12.1 Å². The van der Waals surface area contributed by atoms with Gasteiger partial charge in [0.05, 0.1) is 25.8 Å². The number of rotatable bonds is 5. The normalized spacial score (nSPS) is 16.5. The molecule has 2 rings (SSSR count). The van der Waals surface area contributed by atoms with Crippen molar-refractivity contribution in [1.82, 2.24) is 4.90 Å². The fraction of sp³-hybridized carbons (Fsp3) is 0.579. The zero-order valence-electron chi connectivity index (χ0n) is 16.3. The largest absolute Gasteiger partial charge is 0.493 e. The first kappa shape index (κ1) is 19.9. The molecule has 1 amide bonds. The van der Waals surface area contributed by atoms with Crippen molar-refractivity contribution in [2.24, 2.45) is 0 Å². The Morgan fingerprint density at radius 2 is 1.88 bits per heavy atom. The van der Waals surface area contributed by atoms with Gasteiger partial charge in [-0.3, -0.25) is 0 Å². The molecule has 0 N–H and O–H groups in total. The van der Waals surface area contributed by atoms with Gasteiger partial charge in [-0.2, -0.15) is 0 Å². The second-order valence-electron chi connectivity index (χ2n) is 7.24. The van der Waals surface area contributed by atoms with Crippen LogP contribution in [0, 0.1) is 6.92 Å². The molecule has 1 aromatic rings. The van der Waals surface area contributed by atoms with Crippen LogP contribution in [0.5, 0.6) is 11.5 Å². The van der Waals surface area contributed by atoms with Gasteiger partial charge in [0.2, 0.25) is 0 Å². The standard InChI is InChI=1S/C19H27NO6/c1-12-9-15(23-5)16(10-14(12)17(21)24-6)25-11-13-7-8-20(13)18(22)26-19(2,3)4/h9-10,13H,7-8,11H2,1-6H3/t13-/m0/s1. The van der Waals surface area contributed by atoms with Crippen molar-refractivity contribution in [3.8, 4) is 11.5 Å². The highest BCUT2D eigenvalue weighted by Crippen LogP contribution is 2.32. The SMILES string of the molecule is COC(=O)c1cc(OC[C@@H]2CCN2C(=O)OC(C)(C)C)c(OC)cc1C. The van der Waals surface area contributed by atoms with E-state index < -0.39 is 11.6 Å². The molecule has 7 nitrogen and oxygen atoms in total. The molecule has 144 valence electrons. The van der Waals surface area contributed by atoms with Crippen LogP contribution >= 0.6 is 0 Å². The monoisotopic (exact) mass is 365 g/mol. The number of amides is 1. The summed E-state index contributed by atoms with van der Waals surface area (Å²) in [5.41, 5.74) is 0.620. The highest BCUT2D eigenvalue weighted by atomic mass is 16.6. The van der Waals surface area contributed by atoms with Crippen LogP contribution in [-0.4, -0.2) is 56.0 Å². The summed E-state index contributed by atoms with van der Waals surface area (Å²) in [5, 5.41) is 0. The third-order valence-corrected chi connectivity index (χ3v) is 4.12. The van der Waals surface area contributed by atoms with E-state index in [1.807, 2.05) is 20.8 Å². The Bertz CT molecular complexity index is 679. The van der Waals surface area contributed by atoms with Gasteiger partial charge in [0.1, 0.15) is 12.2 Å². The maximum Gasteiger partial charge on any atom is 0.410 e. The molecule has 1 atom stereocenters. The Balaban J connectivity index is 2.07. The number of esters is 1. The molecule has 1 heterocycles. The lowest BCUT2D eigenvalue weighted by atomic mass is 10.0. The molecule has 26 heavy (non-hydrogen) atoms. The number of hydrogen-bond donors (Lipinski definition) is 0. The van der Waals surface area contributed by atoms with E-state index in [2.05, 4.69) is 0 Å². The number of carbonyl (C=O) groups excluding carboxylic acids is 2. The summed E-state index contributed by atoms with van der Waals surface area (Å²) < 4.78 is 21.4. The van der Waals surface area contributed by atoms with E-state index in [9.17, 15) is 9.59 Å². The van der Waals surface area contributed by atoms with Gasteiger partial charge < -0.3 is 23.8 Å². The molecule has 1 aliphatic rings. The number of carbonyl (C=O) groups is 2. The summed E-state index contributed by atoms with van der Waals surface area (Å²) >= 11 is 0. The highest BCUT2D eigenvalue weighted by Gasteiger charge is 2.35. The molecular weight excluding hydrogens is 338 g/mol. The molecule has 1 aliphatic heterocycles. The summed E-state index contributed by atoms with van der Waals surface area (Å²) in [4.78, 5) is 25.7. The molecule has 0 spiro atoms. The summed E-state index contributed by atoms with van der Waals surface area (Å²) in [6.45, 7) is 8.24. The Hall–Kier alpha value is -2.44. The summed E-state index contributed by atoms with van der Waals surface area (Å²) in [5.74, 6) is 0.530. The first-order valence-corrected chi connectivity index (χ1v) is 8.55. The summed E-state index contributed by atoms with van der Waals surface area (Å²) in [6, 6.07) is 3.27. The number of methoxy groups -OCH3 is 2. The van der Waals surface area contributed by atoms with Gasteiger partial charge in [-0.25, -0.2) is 9.59 Å². The van der Waals surface area contributed by atoms with Gasteiger partial charge in [-0.1, -0.05) is 0 Å². The van der Waals surface area contributed by atoms with E-state index in [4.69, 9.17) is 18.9 Å². The minimum Gasteiger partial charge on any atom is -0.493 e. The molecule has 0 unspecified atom stereocenters. The molecule has 0 radical (unpaired) electrons. The van der Waals surface area contributed by atoms with Crippen molar-refractivity contribution >= 4 is 12.1 Å². The van der Waals surface area contributed by atoms with E-state index >= 15 is 0 Å². The number of aryl methyl sites for hydroxylation is 1. The molecule has 1 saturated heterocycles. The van der Waals surface area contributed by atoms with Crippen molar-refractivity contribution in [1.29, 1.82) is 0 Å². The van der Waals surface area contributed by atoms with Crippen molar-refractivity contribution < 1.29 is 28.5 Å². The minimum atomic E-state index is -0.534. The van der Waals surface area contributed by atoms with Crippen LogP contribution < -0.4 is 9.47 Å². The lowest BCUT2D eigenvalue weighted by Gasteiger charge is -2.41.